The Bertz CT molecular complexity index is 285. The maximum Gasteiger partial charge on any atom is 0.332 e. The van der Waals surface area contributed by atoms with E-state index in [0.717, 1.165) is 25.7 Å². The molecule has 0 aliphatic heterocycles. The van der Waals surface area contributed by atoms with Crippen molar-refractivity contribution in [2.75, 3.05) is 13.2 Å². The van der Waals surface area contributed by atoms with Crippen LogP contribution in [0.15, 0.2) is 0 Å². The zero-order valence-corrected chi connectivity index (χ0v) is 10.1. The van der Waals surface area contributed by atoms with Gasteiger partial charge in [-0.15, -0.1) is 0 Å². The Morgan fingerprint density at radius 3 is 2.53 bits per heavy atom. The third kappa shape index (κ3) is 3.67. The molecule has 0 aromatic heterocycles. The molecule has 6 nitrogen and oxygen atoms in total. The van der Waals surface area contributed by atoms with E-state index in [1.807, 2.05) is 0 Å². The molecule has 6 heteroatoms. The Kier molecular flexibility index (Phi) is 4.89. The van der Waals surface area contributed by atoms with E-state index in [1.165, 1.54) is 0 Å². The van der Waals surface area contributed by atoms with Crippen LogP contribution in [0.5, 0.6) is 0 Å². The molecule has 1 fully saturated rings. The molecule has 0 atom stereocenters. The summed E-state index contributed by atoms with van der Waals surface area (Å²) in [6.45, 7) is 1.88. The smallest absolute Gasteiger partial charge is 0.332 e. The van der Waals surface area contributed by atoms with E-state index in [2.05, 4.69) is 17.2 Å². The quantitative estimate of drug-likeness (QED) is 0.603. The first-order valence-electron chi connectivity index (χ1n) is 5.84. The highest BCUT2D eigenvalue weighted by atomic mass is 16.7. The molecule has 17 heavy (non-hydrogen) atoms. The molecule has 1 aliphatic carbocycles. The molecule has 0 heterocycles. The lowest BCUT2D eigenvalue weighted by molar-refractivity contribution is -0.154. The fourth-order valence-electron chi connectivity index (χ4n) is 2.11. The molecule has 0 aromatic carbocycles. The molecule has 0 aromatic rings. The summed E-state index contributed by atoms with van der Waals surface area (Å²) in [5.41, 5.74) is 7.28. The number of hydrogen-bond donors (Lipinski definition) is 3. The average Bonchev–Trinajstić information content (AvgIpc) is 2.30. The second-order valence-electron chi connectivity index (χ2n) is 4.78. The number of carbonyl (C=O) groups excluding carboxylic acids is 1. The molecule has 1 aliphatic rings. The van der Waals surface area contributed by atoms with Crippen LogP contribution < -0.4 is 11.2 Å². The van der Waals surface area contributed by atoms with Crippen molar-refractivity contribution in [1.29, 1.82) is 0 Å². The molecule has 1 saturated carbocycles. The number of amides is 1. The number of nitrogens with one attached hydrogen (secondary N) is 1. The van der Waals surface area contributed by atoms with Crippen molar-refractivity contribution < 1.29 is 19.5 Å². The zero-order valence-electron chi connectivity index (χ0n) is 10.1. The minimum absolute atomic E-state index is 0.266. The largest absolute Gasteiger partial charge is 0.479 e. The van der Waals surface area contributed by atoms with Gasteiger partial charge in [0.1, 0.15) is 0 Å². The molecular weight excluding hydrogens is 224 g/mol. The van der Waals surface area contributed by atoms with Crippen molar-refractivity contribution in [2.45, 2.75) is 32.6 Å². The Morgan fingerprint density at radius 2 is 2.06 bits per heavy atom. The summed E-state index contributed by atoms with van der Waals surface area (Å²) < 4.78 is 0. The number of nitrogens with two attached hydrogens (primary N) is 1. The first kappa shape index (κ1) is 13.9. The van der Waals surface area contributed by atoms with Crippen LogP contribution in [0.3, 0.4) is 0 Å². The van der Waals surface area contributed by atoms with Crippen LogP contribution in [0, 0.1) is 11.3 Å². The van der Waals surface area contributed by atoms with E-state index in [-0.39, 0.29) is 12.5 Å². The van der Waals surface area contributed by atoms with Crippen molar-refractivity contribution >= 4 is 11.9 Å². The van der Waals surface area contributed by atoms with Crippen LogP contribution in [-0.4, -0.2) is 30.1 Å². The average molecular weight is 244 g/mol. The molecule has 4 N–H and O–H groups in total. The molecule has 0 spiro atoms. The molecule has 0 radical (unpaired) electrons. The Labute approximate surface area is 100 Å². The maximum atomic E-state index is 11.9. The lowest BCUT2D eigenvalue weighted by Gasteiger charge is -2.36. The van der Waals surface area contributed by atoms with E-state index < -0.39 is 18.0 Å². The highest BCUT2D eigenvalue weighted by Gasteiger charge is 2.40. The van der Waals surface area contributed by atoms with Gasteiger partial charge in [-0.1, -0.05) is 6.92 Å². The minimum Gasteiger partial charge on any atom is -0.479 e. The number of rotatable bonds is 5. The Hall–Kier alpha value is -1.14. The summed E-state index contributed by atoms with van der Waals surface area (Å²) in [5.74, 6) is -0.806. The Morgan fingerprint density at radius 1 is 1.47 bits per heavy atom. The zero-order chi connectivity index (χ0) is 12.9. The van der Waals surface area contributed by atoms with Gasteiger partial charge in [0.15, 0.2) is 6.61 Å². The van der Waals surface area contributed by atoms with Crippen molar-refractivity contribution in [3.05, 3.63) is 0 Å². The van der Waals surface area contributed by atoms with E-state index in [0.29, 0.717) is 5.92 Å². The second kappa shape index (κ2) is 5.97. The first-order valence-corrected chi connectivity index (χ1v) is 5.84. The number of carbonyl (C=O) groups is 2. The van der Waals surface area contributed by atoms with Gasteiger partial charge in [0.25, 0.3) is 5.91 Å². The van der Waals surface area contributed by atoms with Crippen LogP contribution in [-0.2, 0) is 14.4 Å². The van der Waals surface area contributed by atoms with E-state index in [9.17, 15) is 9.59 Å². The maximum absolute atomic E-state index is 11.9. The van der Waals surface area contributed by atoms with Crippen molar-refractivity contribution in [1.82, 2.24) is 5.48 Å². The van der Waals surface area contributed by atoms with Crippen molar-refractivity contribution in [3.63, 3.8) is 0 Å². The topological polar surface area (TPSA) is 102 Å². The number of hydroxylamine groups is 1. The SMILES string of the molecule is CC1CCC(CN)(C(=O)NOCC(=O)O)CC1. The summed E-state index contributed by atoms with van der Waals surface area (Å²) in [5, 5.41) is 8.39. The van der Waals surface area contributed by atoms with Crippen LogP contribution >= 0.6 is 0 Å². The number of carboxylic acids is 1. The van der Waals surface area contributed by atoms with Crippen molar-refractivity contribution in [2.24, 2.45) is 17.1 Å². The normalized spacial score (nSPS) is 28.7. The van der Waals surface area contributed by atoms with Crippen LogP contribution in [0.2, 0.25) is 0 Å². The fourth-order valence-corrected chi connectivity index (χ4v) is 2.11. The molecular formula is C11H20N2O4. The third-order valence-electron chi connectivity index (χ3n) is 3.46. The highest BCUT2D eigenvalue weighted by Crippen LogP contribution is 2.38. The predicted molar refractivity (Wildman–Crippen MR) is 60.8 cm³/mol. The van der Waals surface area contributed by atoms with E-state index in [1.54, 1.807) is 0 Å². The number of carboxylic acid groups (broad SMARTS) is 1. The van der Waals surface area contributed by atoms with E-state index >= 15 is 0 Å². The fraction of sp³-hybridized carbons (Fsp3) is 0.818. The van der Waals surface area contributed by atoms with Crippen LogP contribution in [0.1, 0.15) is 32.6 Å². The summed E-state index contributed by atoms with van der Waals surface area (Å²) in [6, 6.07) is 0. The number of aliphatic carboxylic acids is 1. The Balaban J connectivity index is 2.48. The summed E-state index contributed by atoms with van der Waals surface area (Å²) in [6.07, 6.45) is 3.38. The van der Waals surface area contributed by atoms with Gasteiger partial charge in [0, 0.05) is 6.54 Å². The van der Waals surface area contributed by atoms with Gasteiger partial charge < -0.3 is 10.8 Å². The van der Waals surface area contributed by atoms with Gasteiger partial charge in [-0.05, 0) is 31.6 Å². The van der Waals surface area contributed by atoms with Crippen molar-refractivity contribution in [3.8, 4) is 0 Å². The molecule has 1 rings (SSSR count). The minimum atomic E-state index is -1.12. The predicted octanol–water partition coefficient (Wildman–Crippen LogP) is 0.274. The molecule has 0 saturated heterocycles. The van der Waals surface area contributed by atoms with Crippen LogP contribution in [0.25, 0.3) is 0 Å². The molecule has 0 bridgehead atoms. The lowest BCUT2D eigenvalue weighted by Crippen LogP contribution is -2.48. The summed E-state index contributed by atoms with van der Waals surface area (Å²) in [7, 11) is 0. The van der Waals surface area contributed by atoms with Gasteiger partial charge >= 0.3 is 5.97 Å². The number of hydrogen-bond acceptors (Lipinski definition) is 4. The first-order chi connectivity index (χ1) is 8.00. The van der Waals surface area contributed by atoms with E-state index in [4.69, 9.17) is 10.8 Å². The standard InChI is InChI=1S/C11H20N2O4/c1-8-2-4-11(7-12,5-3-8)10(16)13-17-6-9(14)15/h8H,2-7,12H2,1H3,(H,13,16)(H,14,15). The molecule has 98 valence electrons. The summed E-state index contributed by atoms with van der Waals surface area (Å²) in [4.78, 5) is 26.8. The van der Waals surface area contributed by atoms with Gasteiger partial charge in [-0.2, -0.15) is 0 Å². The third-order valence-corrected chi connectivity index (χ3v) is 3.46. The lowest BCUT2D eigenvalue weighted by atomic mass is 9.70. The molecule has 0 unspecified atom stereocenters. The van der Waals surface area contributed by atoms with Gasteiger partial charge in [0.2, 0.25) is 0 Å². The van der Waals surface area contributed by atoms with Gasteiger partial charge in [0.05, 0.1) is 5.41 Å². The summed E-state index contributed by atoms with van der Waals surface area (Å²) >= 11 is 0. The van der Waals surface area contributed by atoms with Gasteiger partial charge in [-0.3, -0.25) is 9.63 Å². The molecule has 1 amide bonds. The second-order valence-corrected chi connectivity index (χ2v) is 4.78. The monoisotopic (exact) mass is 244 g/mol. The van der Waals surface area contributed by atoms with Gasteiger partial charge in [-0.25, -0.2) is 10.3 Å². The van der Waals surface area contributed by atoms with Crippen LogP contribution in [0.4, 0.5) is 0 Å². The highest BCUT2D eigenvalue weighted by molar-refractivity contribution is 5.82.